The van der Waals surface area contributed by atoms with Crippen molar-refractivity contribution >= 4 is 41.0 Å². The van der Waals surface area contributed by atoms with Gasteiger partial charge in [-0.25, -0.2) is 0 Å². The van der Waals surface area contributed by atoms with Crippen LogP contribution in [-0.2, 0) is 4.79 Å². The molecule has 0 heterocycles. The number of anilines is 2. The van der Waals surface area contributed by atoms with Crippen LogP contribution in [0.15, 0.2) is 24.3 Å². The Morgan fingerprint density at radius 2 is 1.69 bits per heavy atom. The molecule has 0 bridgehead atoms. The molecule has 0 fully saturated rings. The van der Waals surface area contributed by atoms with Gasteiger partial charge in [0.05, 0.1) is 0 Å². The first-order valence-corrected chi connectivity index (χ1v) is 5.99. The number of benzene rings is 1. The summed E-state index contributed by atoms with van der Waals surface area (Å²) in [5, 5.41) is 2.46. The van der Waals surface area contributed by atoms with E-state index < -0.39 is 0 Å². The Kier molecular flexibility index (Phi) is 6.04. The summed E-state index contributed by atoms with van der Waals surface area (Å²) in [5.74, 6) is 1.11. The maximum Gasteiger partial charge on any atom is 0.314 e. The van der Waals surface area contributed by atoms with Gasteiger partial charge in [0.25, 0.3) is 0 Å². The van der Waals surface area contributed by atoms with Crippen molar-refractivity contribution in [1.82, 2.24) is 0 Å². The van der Waals surface area contributed by atoms with Gasteiger partial charge < -0.3 is 10.2 Å². The Morgan fingerprint density at radius 1 is 1.12 bits per heavy atom. The van der Waals surface area contributed by atoms with Crippen LogP contribution in [0.2, 0.25) is 0 Å². The average Bonchev–Trinajstić information content (AvgIpc) is 2.30. The van der Waals surface area contributed by atoms with E-state index in [1.54, 1.807) is 6.41 Å². The Labute approximate surface area is 105 Å². The Hall–Kier alpha value is -0.930. The summed E-state index contributed by atoms with van der Waals surface area (Å²) in [6.07, 6.45) is 1.63. The Morgan fingerprint density at radius 3 is 2.12 bits per heavy atom. The molecule has 0 atom stereocenters. The van der Waals surface area contributed by atoms with Crippen LogP contribution in [-0.4, -0.2) is 31.3 Å². The summed E-state index contributed by atoms with van der Waals surface area (Å²) in [6, 6.07) is 7.46. The molecule has 0 spiro atoms. The molecular formula is C11H13Cl2N2O. The van der Waals surface area contributed by atoms with Crippen LogP contribution >= 0.6 is 23.2 Å². The van der Waals surface area contributed by atoms with Gasteiger partial charge in [0.15, 0.2) is 0 Å². The van der Waals surface area contributed by atoms with E-state index in [4.69, 9.17) is 23.2 Å². The maximum atomic E-state index is 10.1. The van der Waals surface area contributed by atoms with E-state index in [-0.39, 0.29) is 0 Å². The number of nitrogens with zero attached hydrogens (tertiary/aromatic N) is 1. The predicted octanol–water partition coefficient (Wildman–Crippen LogP) is 2.45. The van der Waals surface area contributed by atoms with Crippen molar-refractivity contribution in [2.24, 2.45) is 0 Å². The summed E-state index contributed by atoms with van der Waals surface area (Å²) in [7, 11) is 0. The first-order valence-electron chi connectivity index (χ1n) is 4.92. The van der Waals surface area contributed by atoms with Gasteiger partial charge in [0.1, 0.15) is 0 Å². The average molecular weight is 260 g/mol. The summed E-state index contributed by atoms with van der Waals surface area (Å²) < 4.78 is 0. The van der Waals surface area contributed by atoms with E-state index in [1.165, 1.54) is 0 Å². The number of rotatable bonds is 7. The quantitative estimate of drug-likeness (QED) is 0.603. The predicted molar refractivity (Wildman–Crippen MR) is 69.4 cm³/mol. The number of hydrogen-bond donors (Lipinski definition) is 1. The van der Waals surface area contributed by atoms with Crippen LogP contribution in [0.1, 0.15) is 0 Å². The Bertz CT molecular complexity index is 310. The summed E-state index contributed by atoms with van der Waals surface area (Å²) in [5.41, 5.74) is 1.76. The molecule has 0 aliphatic rings. The first kappa shape index (κ1) is 13.1. The second kappa shape index (κ2) is 7.36. The molecule has 0 saturated carbocycles. The van der Waals surface area contributed by atoms with E-state index in [2.05, 4.69) is 10.2 Å². The van der Waals surface area contributed by atoms with Crippen LogP contribution < -0.4 is 10.2 Å². The third-order valence-electron chi connectivity index (χ3n) is 2.14. The lowest BCUT2D eigenvalue weighted by Crippen LogP contribution is -2.27. The third-order valence-corrected chi connectivity index (χ3v) is 2.47. The van der Waals surface area contributed by atoms with Gasteiger partial charge in [-0.1, -0.05) is 0 Å². The fourth-order valence-electron chi connectivity index (χ4n) is 1.39. The number of hydrogen-bond acceptors (Lipinski definition) is 2. The van der Waals surface area contributed by atoms with Crippen molar-refractivity contribution in [3.63, 3.8) is 0 Å². The number of halogens is 2. The molecule has 1 aromatic rings. The standard InChI is InChI=1S/C11H13Cl2N2O/c12-5-7-15(8-6-13)11-3-1-10(2-4-11)14-9-16/h1-4H,5-8H2,(H,14,16). The van der Waals surface area contributed by atoms with E-state index >= 15 is 0 Å². The SMILES string of the molecule is O=[C]Nc1ccc(N(CCCl)CCCl)cc1. The number of carbonyl (C=O) groups excluding carboxylic acids is 1. The molecule has 1 aromatic carbocycles. The second-order valence-electron chi connectivity index (χ2n) is 3.14. The van der Waals surface area contributed by atoms with E-state index in [1.807, 2.05) is 24.3 Å². The molecule has 1 rings (SSSR count). The second-order valence-corrected chi connectivity index (χ2v) is 3.89. The lowest BCUT2D eigenvalue weighted by molar-refractivity contribution is 0.561. The van der Waals surface area contributed by atoms with Crippen LogP contribution in [0.5, 0.6) is 0 Å². The number of nitrogens with one attached hydrogen (secondary N) is 1. The number of amides is 1. The number of alkyl halides is 2. The van der Waals surface area contributed by atoms with Gasteiger partial charge in [-0.05, 0) is 24.3 Å². The van der Waals surface area contributed by atoms with Crippen molar-refractivity contribution in [3.05, 3.63) is 24.3 Å². The molecule has 1 amide bonds. The summed E-state index contributed by atoms with van der Waals surface area (Å²) in [4.78, 5) is 12.2. The van der Waals surface area contributed by atoms with Crippen LogP contribution in [0.4, 0.5) is 11.4 Å². The highest BCUT2D eigenvalue weighted by atomic mass is 35.5. The highest BCUT2D eigenvalue weighted by molar-refractivity contribution is 6.18. The maximum absolute atomic E-state index is 10.1. The van der Waals surface area contributed by atoms with Gasteiger partial charge in [-0.15, -0.1) is 23.2 Å². The van der Waals surface area contributed by atoms with Crippen molar-refractivity contribution in [3.8, 4) is 0 Å². The van der Waals surface area contributed by atoms with Gasteiger partial charge in [-0.3, -0.25) is 4.79 Å². The molecular weight excluding hydrogens is 247 g/mol. The molecule has 0 aliphatic carbocycles. The van der Waals surface area contributed by atoms with Crippen molar-refractivity contribution in [2.75, 3.05) is 35.1 Å². The molecule has 0 saturated heterocycles. The lowest BCUT2D eigenvalue weighted by atomic mass is 10.2. The van der Waals surface area contributed by atoms with Gasteiger partial charge >= 0.3 is 6.41 Å². The zero-order valence-corrected chi connectivity index (χ0v) is 10.3. The first-order chi connectivity index (χ1) is 7.81. The molecule has 3 nitrogen and oxygen atoms in total. The highest BCUT2D eigenvalue weighted by Crippen LogP contribution is 2.17. The Balaban J connectivity index is 2.72. The minimum atomic E-state index is 0.555. The zero-order valence-electron chi connectivity index (χ0n) is 8.75. The molecule has 5 heteroatoms. The largest absolute Gasteiger partial charge is 0.369 e. The zero-order chi connectivity index (χ0) is 11.8. The summed E-state index contributed by atoms with van der Waals surface area (Å²) >= 11 is 11.4. The molecule has 0 unspecified atom stereocenters. The smallest absolute Gasteiger partial charge is 0.314 e. The van der Waals surface area contributed by atoms with Crippen LogP contribution in [0, 0.1) is 0 Å². The molecule has 0 aliphatic heterocycles. The monoisotopic (exact) mass is 259 g/mol. The van der Waals surface area contributed by atoms with Crippen molar-refractivity contribution in [1.29, 1.82) is 0 Å². The van der Waals surface area contributed by atoms with E-state index in [0.29, 0.717) is 11.8 Å². The van der Waals surface area contributed by atoms with Gasteiger partial charge in [0, 0.05) is 36.2 Å². The van der Waals surface area contributed by atoms with E-state index in [9.17, 15) is 4.79 Å². The fourth-order valence-corrected chi connectivity index (χ4v) is 1.80. The minimum Gasteiger partial charge on any atom is -0.369 e. The molecule has 1 radical (unpaired) electrons. The van der Waals surface area contributed by atoms with Gasteiger partial charge in [0.2, 0.25) is 0 Å². The minimum absolute atomic E-state index is 0.555. The highest BCUT2D eigenvalue weighted by Gasteiger charge is 2.04. The van der Waals surface area contributed by atoms with Crippen molar-refractivity contribution in [2.45, 2.75) is 0 Å². The molecule has 1 N–H and O–H groups in total. The lowest BCUT2D eigenvalue weighted by Gasteiger charge is -2.22. The van der Waals surface area contributed by atoms with Crippen LogP contribution in [0.3, 0.4) is 0 Å². The molecule has 16 heavy (non-hydrogen) atoms. The topological polar surface area (TPSA) is 32.3 Å². The van der Waals surface area contributed by atoms with Gasteiger partial charge in [-0.2, -0.15) is 0 Å². The molecule has 87 valence electrons. The third kappa shape index (κ3) is 3.91. The van der Waals surface area contributed by atoms with Crippen molar-refractivity contribution < 1.29 is 4.79 Å². The molecule has 0 aromatic heterocycles. The van der Waals surface area contributed by atoms with Crippen LogP contribution in [0.25, 0.3) is 0 Å². The summed E-state index contributed by atoms with van der Waals surface area (Å²) in [6.45, 7) is 1.50. The van der Waals surface area contributed by atoms with E-state index in [0.717, 1.165) is 24.5 Å². The fraction of sp³-hybridized carbons (Fsp3) is 0.364. The normalized spacial score (nSPS) is 9.88.